The molecule has 1 N–H and O–H groups in total. The van der Waals surface area contributed by atoms with Gasteiger partial charge in [0.15, 0.2) is 5.78 Å². The number of carbonyl (C=O) groups is 2. The van der Waals surface area contributed by atoms with Crippen molar-refractivity contribution >= 4 is 11.8 Å². The molecule has 27 heavy (non-hydrogen) atoms. The Morgan fingerprint density at radius 2 is 2.04 bits per heavy atom. The number of ketones is 1. The fourth-order valence-electron chi connectivity index (χ4n) is 8.47. The monoisotopic (exact) mass is 368 g/mol. The second-order valence-electron chi connectivity index (χ2n) is 10.2. The van der Waals surface area contributed by atoms with Crippen LogP contribution in [0, 0.1) is 46.8 Å². The minimum Gasteiger partial charge on any atom is -0.451 e. The molecule has 0 radical (unpaired) electrons. The molecule has 4 saturated carbocycles. The van der Waals surface area contributed by atoms with E-state index in [1.807, 2.05) is 6.08 Å². The minimum absolute atomic E-state index is 0.0239. The van der Waals surface area contributed by atoms with Gasteiger partial charge in [0.1, 0.15) is 5.60 Å². The van der Waals surface area contributed by atoms with Gasteiger partial charge in [0, 0.05) is 36.4 Å². The van der Waals surface area contributed by atoms with E-state index < -0.39 is 0 Å². The standard InChI is InChI=1S/C23H28O4/c1-22-6-4-15-14-3-2-13(25)9-16(14)12(11-24)8-17(15)21(22)18-10-19(18)23(22)7-5-20(26)27-23/h5,7,9,12,14-15,17-19,21,24H,2-4,6,8,10-11H2,1H3/t12-,14+,15+,17+,18+,19-,21+,22-,23-/m0/s1. The van der Waals surface area contributed by atoms with Gasteiger partial charge in [-0.05, 0) is 73.8 Å². The summed E-state index contributed by atoms with van der Waals surface area (Å²) >= 11 is 0. The molecule has 4 heteroatoms. The van der Waals surface area contributed by atoms with Gasteiger partial charge < -0.3 is 9.84 Å². The predicted octanol–water partition coefficient (Wildman–Crippen LogP) is 3.05. The molecule has 144 valence electrons. The van der Waals surface area contributed by atoms with Crippen molar-refractivity contribution in [1.82, 2.24) is 0 Å². The number of hydrogen-bond donors (Lipinski definition) is 1. The molecule has 0 aromatic heterocycles. The lowest BCUT2D eigenvalue weighted by Gasteiger charge is -2.58. The van der Waals surface area contributed by atoms with Crippen molar-refractivity contribution in [3.8, 4) is 0 Å². The number of rotatable bonds is 1. The lowest BCUT2D eigenvalue weighted by atomic mass is 9.48. The third-order valence-electron chi connectivity index (χ3n) is 9.45. The topological polar surface area (TPSA) is 63.6 Å². The van der Waals surface area contributed by atoms with Crippen LogP contribution in [0.2, 0.25) is 0 Å². The molecule has 0 amide bonds. The van der Waals surface area contributed by atoms with E-state index >= 15 is 0 Å². The fourth-order valence-corrected chi connectivity index (χ4v) is 8.47. The molecular formula is C23H28O4. The van der Waals surface area contributed by atoms with Crippen molar-refractivity contribution in [3.63, 3.8) is 0 Å². The lowest BCUT2D eigenvalue weighted by Crippen LogP contribution is -2.55. The Morgan fingerprint density at radius 3 is 2.78 bits per heavy atom. The number of hydrogen-bond acceptors (Lipinski definition) is 4. The van der Waals surface area contributed by atoms with Gasteiger partial charge in [0.05, 0.1) is 0 Å². The fraction of sp³-hybridized carbons (Fsp3) is 0.739. The first-order valence-corrected chi connectivity index (χ1v) is 10.8. The van der Waals surface area contributed by atoms with E-state index in [1.54, 1.807) is 6.08 Å². The molecule has 1 spiro atoms. The maximum absolute atomic E-state index is 12.0. The highest BCUT2D eigenvalue weighted by atomic mass is 16.6. The second kappa shape index (κ2) is 5.14. The van der Waals surface area contributed by atoms with E-state index in [0.29, 0.717) is 41.9 Å². The molecule has 1 aliphatic heterocycles. The number of aliphatic hydroxyl groups excluding tert-OH is 1. The maximum Gasteiger partial charge on any atom is 0.331 e. The molecular weight excluding hydrogens is 340 g/mol. The number of fused-ring (bicyclic) bond motifs is 9. The number of carbonyl (C=O) groups excluding carboxylic acids is 2. The molecule has 0 unspecified atom stereocenters. The highest BCUT2D eigenvalue weighted by molar-refractivity contribution is 5.91. The van der Waals surface area contributed by atoms with E-state index in [2.05, 4.69) is 13.0 Å². The van der Waals surface area contributed by atoms with Crippen LogP contribution in [0.3, 0.4) is 0 Å². The maximum atomic E-state index is 12.0. The Hall–Kier alpha value is -1.42. The smallest absolute Gasteiger partial charge is 0.331 e. The highest BCUT2D eigenvalue weighted by Crippen LogP contribution is 2.77. The van der Waals surface area contributed by atoms with Gasteiger partial charge in [0.25, 0.3) is 0 Å². The SMILES string of the molecule is C[C@]12CC[C@H]3[C@@H](C[C@@H](CO)C4=CC(=O)CC[C@@H]43)[C@@H]1[C@@H]1C[C@@H]1[C@@]21C=CC(=O)O1. The number of esters is 1. The van der Waals surface area contributed by atoms with Gasteiger partial charge in [0.2, 0.25) is 0 Å². The van der Waals surface area contributed by atoms with Crippen LogP contribution in [0.25, 0.3) is 0 Å². The molecule has 5 aliphatic carbocycles. The van der Waals surface area contributed by atoms with Gasteiger partial charge in [-0.2, -0.15) is 0 Å². The summed E-state index contributed by atoms with van der Waals surface area (Å²) in [6, 6.07) is 0. The van der Waals surface area contributed by atoms with Crippen molar-refractivity contribution in [2.24, 2.45) is 46.8 Å². The molecule has 0 aromatic carbocycles. The Bertz CT molecular complexity index is 796. The average molecular weight is 368 g/mol. The highest BCUT2D eigenvalue weighted by Gasteiger charge is 2.78. The molecule has 0 bridgehead atoms. The van der Waals surface area contributed by atoms with Crippen LogP contribution in [-0.2, 0) is 14.3 Å². The van der Waals surface area contributed by atoms with Crippen LogP contribution in [0.5, 0.6) is 0 Å². The Kier molecular flexibility index (Phi) is 3.14. The van der Waals surface area contributed by atoms with Gasteiger partial charge in [-0.1, -0.05) is 12.5 Å². The third-order valence-corrected chi connectivity index (χ3v) is 9.45. The molecule has 1 heterocycles. The van der Waals surface area contributed by atoms with Crippen molar-refractivity contribution in [3.05, 3.63) is 23.8 Å². The van der Waals surface area contributed by atoms with Crippen LogP contribution in [0.4, 0.5) is 0 Å². The zero-order valence-electron chi connectivity index (χ0n) is 15.9. The first kappa shape index (κ1) is 16.5. The summed E-state index contributed by atoms with van der Waals surface area (Å²) in [7, 11) is 0. The Morgan fingerprint density at radius 1 is 1.19 bits per heavy atom. The van der Waals surface area contributed by atoms with Gasteiger partial charge in [-0.15, -0.1) is 0 Å². The Balaban J connectivity index is 1.40. The van der Waals surface area contributed by atoms with Gasteiger partial charge in [-0.25, -0.2) is 4.79 Å². The zero-order valence-corrected chi connectivity index (χ0v) is 15.9. The first-order chi connectivity index (χ1) is 13.0. The van der Waals surface area contributed by atoms with E-state index in [1.165, 1.54) is 12.0 Å². The summed E-state index contributed by atoms with van der Waals surface area (Å²) in [4.78, 5) is 24.0. The largest absolute Gasteiger partial charge is 0.451 e. The van der Waals surface area contributed by atoms with Crippen molar-refractivity contribution in [1.29, 1.82) is 0 Å². The number of ether oxygens (including phenoxy) is 1. The third kappa shape index (κ3) is 1.88. The van der Waals surface area contributed by atoms with Gasteiger partial charge in [-0.3, -0.25) is 4.79 Å². The predicted molar refractivity (Wildman–Crippen MR) is 98.4 cm³/mol. The average Bonchev–Trinajstić information content (AvgIpc) is 3.29. The second-order valence-corrected chi connectivity index (χ2v) is 10.2. The zero-order chi connectivity index (χ0) is 18.6. The molecule has 6 aliphatic rings. The Labute approximate surface area is 160 Å². The summed E-state index contributed by atoms with van der Waals surface area (Å²) in [5, 5.41) is 10.1. The first-order valence-electron chi connectivity index (χ1n) is 10.8. The molecule has 9 atom stereocenters. The van der Waals surface area contributed by atoms with Crippen molar-refractivity contribution in [2.75, 3.05) is 6.61 Å². The van der Waals surface area contributed by atoms with E-state index in [4.69, 9.17) is 4.74 Å². The number of aliphatic hydroxyl groups is 1. The van der Waals surface area contributed by atoms with Crippen LogP contribution < -0.4 is 0 Å². The van der Waals surface area contributed by atoms with Crippen LogP contribution >= 0.6 is 0 Å². The molecule has 4 nitrogen and oxygen atoms in total. The minimum atomic E-state index is -0.377. The lowest BCUT2D eigenvalue weighted by molar-refractivity contribution is -0.168. The summed E-state index contributed by atoms with van der Waals surface area (Å²) in [5.74, 6) is 3.61. The summed E-state index contributed by atoms with van der Waals surface area (Å²) in [5.41, 5.74) is 0.888. The molecule has 6 rings (SSSR count). The van der Waals surface area contributed by atoms with Crippen LogP contribution in [0.1, 0.15) is 45.4 Å². The summed E-state index contributed by atoms with van der Waals surface area (Å²) in [6.07, 6.45) is 11.7. The van der Waals surface area contributed by atoms with Crippen LogP contribution in [0.15, 0.2) is 23.8 Å². The van der Waals surface area contributed by atoms with Crippen molar-refractivity contribution in [2.45, 2.75) is 51.0 Å². The van der Waals surface area contributed by atoms with E-state index in [-0.39, 0.29) is 35.3 Å². The van der Waals surface area contributed by atoms with Gasteiger partial charge >= 0.3 is 5.97 Å². The quantitative estimate of drug-likeness (QED) is 0.723. The molecule has 4 fully saturated rings. The normalized spacial score (nSPS) is 54.7. The van der Waals surface area contributed by atoms with E-state index in [9.17, 15) is 14.7 Å². The van der Waals surface area contributed by atoms with Crippen LogP contribution in [-0.4, -0.2) is 29.1 Å². The molecule has 0 saturated heterocycles. The molecule has 0 aromatic rings. The summed E-state index contributed by atoms with van der Waals surface area (Å²) in [6.45, 7) is 2.52. The summed E-state index contributed by atoms with van der Waals surface area (Å²) < 4.78 is 6.03. The van der Waals surface area contributed by atoms with E-state index in [0.717, 1.165) is 25.7 Å². The van der Waals surface area contributed by atoms with Crippen molar-refractivity contribution < 1.29 is 19.4 Å².